The zero-order valence-corrected chi connectivity index (χ0v) is 13.0. The lowest BCUT2D eigenvalue weighted by Gasteiger charge is -2.29. The standard InChI is InChI=1S/C18H10F5NO2/c19-10-5-9(8-24)6-11(7-10)26-14-2-1-13-15-12(14)3-4-16(15,25)18(22,23)17(13,20)21/h1-2,5-7,25H,3-4H2. The third-order valence-corrected chi connectivity index (χ3v) is 4.90. The minimum atomic E-state index is -4.64. The molecule has 4 rings (SSSR count). The van der Waals surface area contributed by atoms with Gasteiger partial charge in [0, 0.05) is 22.8 Å². The van der Waals surface area contributed by atoms with Gasteiger partial charge in [-0.05, 0) is 37.1 Å². The average molecular weight is 367 g/mol. The first kappa shape index (κ1) is 16.8. The fraction of sp³-hybridized carbons (Fsp3) is 0.278. The van der Waals surface area contributed by atoms with E-state index in [1.165, 1.54) is 6.07 Å². The Bertz CT molecular complexity index is 982. The normalized spacial score (nSPS) is 24.2. The van der Waals surface area contributed by atoms with Crippen LogP contribution in [-0.2, 0) is 17.9 Å². The second-order valence-corrected chi connectivity index (χ2v) is 6.36. The molecule has 0 radical (unpaired) electrons. The number of alkyl halides is 4. The topological polar surface area (TPSA) is 53.2 Å². The van der Waals surface area contributed by atoms with Crippen LogP contribution >= 0.6 is 0 Å². The first-order chi connectivity index (χ1) is 12.1. The van der Waals surface area contributed by atoms with Gasteiger partial charge >= 0.3 is 11.8 Å². The van der Waals surface area contributed by atoms with Crippen LogP contribution in [0.25, 0.3) is 0 Å². The molecule has 0 fully saturated rings. The summed E-state index contributed by atoms with van der Waals surface area (Å²) in [5, 5.41) is 19.2. The summed E-state index contributed by atoms with van der Waals surface area (Å²) >= 11 is 0. The molecule has 0 saturated carbocycles. The molecule has 2 aromatic rings. The van der Waals surface area contributed by atoms with E-state index in [-0.39, 0.29) is 29.0 Å². The predicted molar refractivity (Wildman–Crippen MR) is 78.7 cm³/mol. The van der Waals surface area contributed by atoms with Gasteiger partial charge in [-0.15, -0.1) is 0 Å². The Morgan fingerprint density at radius 2 is 1.85 bits per heavy atom. The lowest BCUT2D eigenvalue weighted by molar-refractivity contribution is -0.285. The molecule has 0 bridgehead atoms. The molecule has 1 atom stereocenters. The third kappa shape index (κ3) is 1.89. The quantitative estimate of drug-likeness (QED) is 0.803. The van der Waals surface area contributed by atoms with Gasteiger partial charge < -0.3 is 9.84 Å². The summed E-state index contributed by atoms with van der Waals surface area (Å²) in [5.74, 6) is -10.0. The van der Waals surface area contributed by atoms with Crippen molar-refractivity contribution in [2.45, 2.75) is 30.3 Å². The number of halogens is 5. The van der Waals surface area contributed by atoms with Crippen LogP contribution in [0.2, 0.25) is 0 Å². The lowest BCUT2D eigenvalue weighted by atomic mass is 9.95. The minimum Gasteiger partial charge on any atom is -0.457 e. The molecule has 1 N–H and O–H groups in total. The summed E-state index contributed by atoms with van der Waals surface area (Å²) < 4.78 is 75.5. The van der Waals surface area contributed by atoms with Crippen molar-refractivity contribution in [1.82, 2.24) is 0 Å². The summed E-state index contributed by atoms with van der Waals surface area (Å²) in [7, 11) is 0. The van der Waals surface area contributed by atoms with Crippen LogP contribution in [0.1, 0.15) is 28.7 Å². The molecule has 2 aromatic carbocycles. The molecule has 2 aliphatic carbocycles. The summed E-state index contributed by atoms with van der Waals surface area (Å²) in [6.07, 6.45) is -0.675. The molecule has 0 aliphatic heterocycles. The zero-order chi connectivity index (χ0) is 18.9. The summed E-state index contributed by atoms with van der Waals surface area (Å²) in [5.41, 5.74) is -4.42. The highest BCUT2D eigenvalue weighted by Crippen LogP contribution is 2.66. The number of nitriles is 1. The molecule has 26 heavy (non-hydrogen) atoms. The van der Waals surface area contributed by atoms with Crippen molar-refractivity contribution >= 4 is 0 Å². The molecule has 134 valence electrons. The van der Waals surface area contributed by atoms with Crippen LogP contribution in [0.15, 0.2) is 30.3 Å². The van der Waals surface area contributed by atoms with Gasteiger partial charge in [-0.25, -0.2) is 4.39 Å². The molecule has 8 heteroatoms. The molecule has 3 nitrogen and oxygen atoms in total. The third-order valence-electron chi connectivity index (χ3n) is 4.90. The van der Waals surface area contributed by atoms with E-state index in [2.05, 4.69) is 0 Å². The van der Waals surface area contributed by atoms with Crippen LogP contribution < -0.4 is 4.74 Å². The maximum absolute atomic E-state index is 14.2. The fourth-order valence-corrected chi connectivity index (χ4v) is 3.69. The van der Waals surface area contributed by atoms with E-state index in [0.29, 0.717) is 0 Å². The zero-order valence-electron chi connectivity index (χ0n) is 13.0. The Hall–Kier alpha value is -2.66. The van der Waals surface area contributed by atoms with E-state index in [1.54, 1.807) is 6.07 Å². The minimum absolute atomic E-state index is 0.0212. The molecule has 0 amide bonds. The fourth-order valence-electron chi connectivity index (χ4n) is 3.69. The Labute approximate surface area is 144 Å². The molecular formula is C18H10F5NO2. The molecule has 0 saturated heterocycles. The molecule has 2 aliphatic rings. The average Bonchev–Trinajstić information content (AvgIpc) is 2.98. The van der Waals surface area contributed by atoms with Gasteiger partial charge in [-0.3, -0.25) is 0 Å². The molecule has 0 heterocycles. The maximum atomic E-state index is 14.2. The van der Waals surface area contributed by atoms with Gasteiger partial charge in [0.05, 0.1) is 11.6 Å². The van der Waals surface area contributed by atoms with Gasteiger partial charge in [0.2, 0.25) is 0 Å². The van der Waals surface area contributed by atoms with Crippen molar-refractivity contribution in [3.8, 4) is 17.6 Å². The van der Waals surface area contributed by atoms with E-state index in [4.69, 9.17) is 10.00 Å². The number of benzene rings is 2. The highest BCUT2D eigenvalue weighted by Gasteiger charge is 2.77. The van der Waals surface area contributed by atoms with Gasteiger partial charge in [0.15, 0.2) is 5.60 Å². The number of aliphatic hydroxyl groups is 1. The van der Waals surface area contributed by atoms with Crippen LogP contribution in [-0.4, -0.2) is 11.0 Å². The molecule has 0 aromatic heterocycles. The van der Waals surface area contributed by atoms with Gasteiger partial charge in [-0.2, -0.15) is 22.8 Å². The lowest BCUT2D eigenvalue weighted by Crippen LogP contribution is -2.47. The number of rotatable bonds is 2. The van der Waals surface area contributed by atoms with Gasteiger partial charge in [0.1, 0.15) is 17.3 Å². The van der Waals surface area contributed by atoms with Crippen LogP contribution in [0.5, 0.6) is 11.5 Å². The largest absolute Gasteiger partial charge is 0.457 e. The van der Waals surface area contributed by atoms with Crippen LogP contribution in [0.3, 0.4) is 0 Å². The number of hydrogen-bond donors (Lipinski definition) is 1. The Balaban J connectivity index is 1.84. The highest BCUT2D eigenvalue weighted by atomic mass is 19.3. The monoisotopic (exact) mass is 367 g/mol. The smallest absolute Gasteiger partial charge is 0.346 e. The van der Waals surface area contributed by atoms with Crippen LogP contribution in [0.4, 0.5) is 22.0 Å². The van der Waals surface area contributed by atoms with Crippen molar-refractivity contribution in [3.05, 3.63) is 58.4 Å². The second kappa shape index (κ2) is 4.95. The first-order valence-corrected chi connectivity index (χ1v) is 7.65. The number of hydrogen-bond acceptors (Lipinski definition) is 3. The predicted octanol–water partition coefficient (Wildman–Crippen LogP) is 4.36. The Morgan fingerprint density at radius 3 is 2.54 bits per heavy atom. The van der Waals surface area contributed by atoms with Gasteiger partial charge in [-0.1, -0.05) is 0 Å². The van der Waals surface area contributed by atoms with E-state index in [1.807, 2.05) is 0 Å². The van der Waals surface area contributed by atoms with E-state index in [9.17, 15) is 27.1 Å². The van der Waals surface area contributed by atoms with Crippen molar-refractivity contribution < 1.29 is 31.8 Å². The van der Waals surface area contributed by atoms with Crippen molar-refractivity contribution in [2.75, 3.05) is 0 Å². The number of nitrogens with zero attached hydrogens (tertiary/aromatic N) is 1. The summed E-state index contributed by atoms with van der Waals surface area (Å²) in [4.78, 5) is 0. The Morgan fingerprint density at radius 1 is 1.12 bits per heavy atom. The SMILES string of the molecule is N#Cc1cc(F)cc(Oc2ccc3c4c2CCC4(O)C(F)(F)C3(F)F)c1. The second-order valence-electron chi connectivity index (χ2n) is 6.36. The first-order valence-electron chi connectivity index (χ1n) is 7.65. The summed E-state index contributed by atoms with van der Waals surface area (Å²) in [6, 6.07) is 6.81. The van der Waals surface area contributed by atoms with Crippen LogP contribution in [0, 0.1) is 17.1 Å². The van der Waals surface area contributed by atoms with E-state index in [0.717, 1.165) is 24.3 Å². The highest BCUT2D eigenvalue weighted by molar-refractivity contribution is 5.59. The van der Waals surface area contributed by atoms with Crippen molar-refractivity contribution in [2.24, 2.45) is 0 Å². The van der Waals surface area contributed by atoms with E-state index < -0.39 is 40.8 Å². The maximum Gasteiger partial charge on any atom is 0.346 e. The molecule has 0 spiro atoms. The number of ether oxygens (including phenoxy) is 1. The summed E-state index contributed by atoms with van der Waals surface area (Å²) in [6.45, 7) is 0. The van der Waals surface area contributed by atoms with Gasteiger partial charge in [0.25, 0.3) is 0 Å². The van der Waals surface area contributed by atoms with E-state index >= 15 is 0 Å². The molecule has 1 unspecified atom stereocenters. The Kier molecular flexibility index (Phi) is 3.20. The molecular weight excluding hydrogens is 357 g/mol. The van der Waals surface area contributed by atoms with Crippen molar-refractivity contribution in [1.29, 1.82) is 5.26 Å². The van der Waals surface area contributed by atoms with Crippen molar-refractivity contribution in [3.63, 3.8) is 0 Å².